The van der Waals surface area contributed by atoms with E-state index in [4.69, 9.17) is 9.47 Å². The Bertz CT molecular complexity index is 710. The van der Waals surface area contributed by atoms with E-state index in [-0.39, 0.29) is 35.9 Å². The standard InChI is InChI=1S/C25H40O5/c1-16-8-9-20-24(5)12-7-11-23(3,4)19(24)10-13-25(20,6)21(16)22(28)30-15-18(27)14-29-17(2)26/h8,18-21,27H,7,9-15H2,1-6H3/t18-,19+,20?,21?,24+,25-/m0/s1. The van der Waals surface area contributed by atoms with Gasteiger partial charge >= 0.3 is 11.9 Å². The zero-order valence-electron chi connectivity index (χ0n) is 19.6. The number of hydrogen-bond acceptors (Lipinski definition) is 5. The summed E-state index contributed by atoms with van der Waals surface area (Å²) in [6.07, 6.45) is 8.25. The molecule has 170 valence electrons. The van der Waals surface area contributed by atoms with Gasteiger partial charge in [0.1, 0.15) is 19.3 Å². The van der Waals surface area contributed by atoms with Gasteiger partial charge < -0.3 is 14.6 Å². The van der Waals surface area contributed by atoms with Crippen LogP contribution in [0.4, 0.5) is 0 Å². The van der Waals surface area contributed by atoms with E-state index in [0.717, 1.165) is 24.8 Å². The van der Waals surface area contributed by atoms with Crippen LogP contribution in [-0.4, -0.2) is 36.4 Å². The predicted octanol–water partition coefficient (Wildman–Crippen LogP) is 4.67. The lowest BCUT2D eigenvalue weighted by molar-refractivity contribution is -0.174. The molecule has 3 aliphatic carbocycles. The monoisotopic (exact) mass is 420 g/mol. The minimum atomic E-state index is -0.998. The third-order valence-corrected chi connectivity index (χ3v) is 8.76. The lowest BCUT2D eigenvalue weighted by Gasteiger charge is -2.64. The van der Waals surface area contributed by atoms with E-state index < -0.39 is 12.1 Å². The first kappa shape index (κ1) is 23.3. The van der Waals surface area contributed by atoms with Crippen LogP contribution in [0.25, 0.3) is 0 Å². The van der Waals surface area contributed by atoms with Gasteiger partial charge in [0.25, 0.3) is 0 Å². The molecule has 1 N–H and O–H groups in total. The molecular formula is C25H40O5. The molecule has 0 saturated heterocycles. The Kier molecular flexibility index (Phi) is 6.44. The summed E-state index contributed by atoms with van der Waals surface area (Å²) in [6.45, 7) is 12.6. The number of carbonyl (C=O) groups excluding carboxylic acids is 2. The number of rotatable bonds is 5. The summed E-state index contributed by atoms with van der Waals surface area (Å²) in [4.78, 5) is 24.1. The van der Waals surface area contributed by atoms with Crippen LogP contribution in [0.5, 0.6) is 0 Å². The van der Waals surface area contributed by atoms with Crippen LogP contribution in [0.2, 0.25) is 0 Å². The maximum absolute atomic E-state index is 13.2. The van der Waals surface area contributed by atoms with Gasteiger partial charge in [0.2, 0.25) is 0 Å². The largest absolute Gasteiger partial charge is 0.463 e. The zero-order chi connectivity index (χ0) is 22.3. The van der Waals surface area contributed by atoms with Crippen LogP contribution < -0.4 is 0 Å². The molecule has 5 nitrogen and oxygen atoms in total. The smallest absolute Gasteiger partial charge is 0.313 e. The molecule has 2 unspecified atom stereocenters. The molecule has 0 spiro atoms. The highest BCUT2D eigenvalue weighted by molar-refractivity contribution is 5.77. The van der Waals surface area contributed by atoms with Gasteiger partial charge in [-0.3, -0.25) is 9.59 Å². The highest BCUT2D eigenvalue weighted by Crippen LogP contribution is 2.68. The van der Waals surface area contributed by atoms with E-state index >= 15 is 0 Å². The molecule has 0 aromatic heterocycles. The van der Waals surface area contributed by atoms with Crippen molar-refractivity contribution in [2.75, 3.05) is 13.2 Å². The van der Waals surface area contributed by atoms with Gasteiger partial charge in [0, 0.05) is 6.92 Å². The maximum Gasteiger partial charge on any atom is 0.313 e. The Morgan fingerprint density at radius 3 is 2.40 bits per heavy atom. The second-order valence-corrected chi connectivity index (χ2v) is 11.2. The van der Waals surface area contributed by atoms with Crippen LogP contribution in [0, 0.1) is 34.0 Å². The van der Waals surface area contributed by atoms with E-state index in [2.05, 4.69) is 33.8 Å². The first-order valence-electron chi connectivity index (χ1n) is 11.6. The van der Waals surface area contributed by atoms with Crippen molar-refractivity contribution in [3.05, 3.63) is 11.6 Å². The minimum Gasteiger partial charge on any atom is -0.463 e. The number of aliphatic hydroxyl groups excluding tert-OH is 1. The van der Waals surface area contributed by atoms with E-state index in [9.17, 15) is 14.7 Å². The van der Waals surface area contributed by atoms with Gasteiger partial charge in [-0.25, -0.2) is 0 Å². The van der Waals surface area contributed by atoms with Crippen molar-refractivity contribution in [2.45, 2.75) is 86.2 Å². The molecule has 2 saturated carbocycles. The lowest BCUT2D eigenvalue weighted by atomic mass is 9.40. The fraction of sp³-hybridized carbons (Fsp3) is 0.840. The molecule has 0 amide bonds. The molecule has 2 fully saturated rings. The summed E-state index contributed by atoms with van der Waals surface area (Å²) in [7, 11) is 0. The van der Waals surface area contributed by atoms with E-state index in [1.807, 2.05) is 6.92 Å². The summed E-state index contributed by atoms with van der Waals surface area (Å²) >= 11 is 0. The second-order valence-electron chi connectivity index (χ2n) is 11.2. The molecule has 30 heavy (non-hydrogen) atoms. The highest BCUT2D eigenvalue weighted by Gasteiger charge is 2.62. The van der Waals surface area contributed by atoms with Crippen LogP contribution in [0.3, 0.4) is 0 Å². The molecule has 3 rings (SSSR count). The molecule has 5 heteroatoms. The van der Waals surface area contributed by atoms with Crippen molar-refractivity contribution in [3.8, 4) is 0 Å². The molecule has 0 radical (unpaired) electrons. The van der Waals surface area contributed by atoms with Crippen molar-refractivity contribution in [1.82, 2.24) is 0 Å². The SMILES string of the molecule is CC(=O)OC[C@H](O)COC(=O)C1C(C)=CCC2[C@]1(C)CC[C@@H]1C(C)(C)CCC[C@@]21C. The predicted molar refractivity (Wildman–Crippen MR) is 116 cm³/mol. The second kappa shape index (κ2) is 8.29. The van der Waals surface area contributed by atoms with E-state index in [1.165, 1.54) is 26.2 Å². The highest BCUT2D eigenvalue weighted by atomic mass is 16.6. The summed E-state index contributed by atoms with van der Waals surface area (Å²) < 4.78 is 10.4. The lowest BCUT2D eigenvalue weighted by Crippen LogP contribution is -2.58. The summed E-state index contributed by atoms with van der Waals surface area (Å²) in [5, 5.41) is 9.99. The summed E-state index contributed by atoms with van der Waals surface area (Å²) in [5.74, 6) is 0.151. The number of aliphatic hydroxyl groups is 1. The zero-order valence-corrected chi connectivity index (χ0v) is 19.6. The molecular weight excluding hydrogens is 380 g/mol. The summed E-state index contributed by atoms with van der Waals surface area (Å²) in [5.41, 5.74) is 1.54. The Morgan fingerprint density at radius 2 is 1.73 bits per heavy atom. The van der Waals surface area contributed by atoms with Crippen LogP contribution in [-0.2, 0) is 19.1 Å². The maximum atomic E-state index is 13.2. The first-order valence-corrected chi connectivity index (χ1v) is 11.6. The van der Waals surface area contributed by atoms with E-state index in [0.29, 0.717) is 17.3 Å². The molecule has 0 bridgehead atoms. The van der Waals surface area contributed by atoms with Crippen LogP contribution in [0.15, 0.2) is 11.6 Å². The van der Waals surface area contributed by atoms with Crippen molar-refractivity contribution < 1.29 is 24.2 Å². The minimum absolute atomic E-state index is 0.130. The number of hydrogen-bond donors (Lipinski definition) is 1. The fourth-order valence-corrected chi connectivity index (χ4v) is 7.49. The van der Waals surface area contributed by atoms with Crippen molar-refractivity contribution in [3.63, 3.8) is 0 Å². The summed E-state index contributed by atoms with van der Waals surface area (Å²) in [6, 6.07) is 0. The van der Waals surface area contributed by atoms with Crippen molar-refractivity contribution in [2.24, 2.45) is 34.0 Å². The van der Waals surface area contributed by atoms with Crippen LogP contribution >= 0.6 is 0 Å². The van der Waals surface area contributed by atoms with Gasteiger partial charge in [0.15, 0.2) is 0 Å². The van der Waals surface area contributed by atoms with Gasteiger partial charge in [0.05, 0.1) is 5.92 Å². The quantitative estimate of drug-likeness (QED) is 0.517. The van der Waals surface area contributed by atoms with Gasteiger partial charge in [-0.1, -0.05) is 45.8 Å². The molecule has 0 heterocycles. The number of ether oxygens (including phenoxy) is 2. The normalized spacial score (nSPS) is 38.5. The fourth-order valence-electron chi connectivity index (χ4n) is 7.49. The Balaban J connectivity index is 1.78. The number of fused-ring (bicyclic) bond motifs is 3. The third kappa shape index (κ3) is 4.06. The average Bonchev–Trinajstić information content (AvgIpc) is 2.63. The van der Waals surface area contributed by atoms with E-state index in [1.54, 1.807) is 0 Å². The molecule has 0 aromatic carbocycles. The third-order valence-electron chi connectivity index (χ3n) is 8.76. The average molecular weight is 421 g/mol. The Labute approximate surface area is 181 Å². The topological polar surface area (TPSA) is 72.8 Å². The first-order chi connectivity index (χ1) is 13.9. The molecule has 0 aromatic rings. The number of allylic oxidation sites excluding steroid dienone is 1. The number of esters is 2. The van der Waals surface area contributed by atoms with Crippen molar-refractivity contribution in [1.29, 1.82) is 0 Å². The van der Waals surface area contributed by atoms with Gasteiger partial charge in [-0.15, -0.1) is 0 Å². The van der Waals surface area contributed by atoms with Crippen LogP contribution in [0.1, 0.15) is 80.1 Å². The van der Waals surface area contributed by atoms with Gasteiger partial charge in [-0.2, -0.15) is 0 Å². The van der Waals surface area contributed by atoms with Gasteiger partial charge in [-0.05, 0) is 67.1 Å². The molecule has 0 aliphatic heterocycles. The Morgan fingerprint density at radius 1 is 1.07 bits per heavy atom. The number of carbonyl (C=O) groups is 2. The Hall–Kier alpha value is -1.36. The molecule has 3 aliphatic rings. The van der Waals surface area contributed by atoms with Crippen molar-refractivity contribution >= 4 is 11.9 Å². The molecule has 6 atom stereocenters.